The molecule has 1 aliphatic rings. The summed E-state index contributed by atoms with van der Waals surface area (Å²) in [6.07, 6.45) is 1.43. The quantitative estimate of drug-likeness (QED) is 0.426. The Balaban J connectivity index is 1.66. The molecule has 0 bridgehead atoms. The van der Waals surface area contributed by atoms with Crippen molar-refractivity contribution in [2.75, 3.05) is 35.7 Å². The van der Waals surface area contributed by atoms with E-state index in [9.17, 15) is 5.11 Å². The molecular weight excluding hydrogens is 410 g/mol. The molecule has 0 aliphatic carbocycles. The molecule has 1 aromatic carbocycles. The molecule has 3 aromatic rings. The number of H-pyrrole nitrogens is 1. The average molecular weight is 440 g/mol. The third-order valence-corrected chi connectivity index (χ3v) is 6.42. The molecule has 1 aliphatic heterocycles. The van der Waals surface area contributed by atoms with Gasteiger partial charge in [-0.3, -0.25) is 5.10 Å². The molecule has 0 saturated carbocycles. The molecule has 4 rings (SSSR count). The fourth-order valence-electron chi connectivity index (χ4n) is 3.56. The first kappa shape index (κ1) is 21.5. The molecule has 8 nitrogen and oxygen atoms in total. The number of aryl methyl sites for hydroxylation is 1. The lowest BCUT2D eigenvalue weighted by Crippen LogP contribution is -2.43. The Kier molecular flexibility index (Phi) is 6.06. The van der Waals surface area contributed by atoms with Gasteiger partial charge < -0.3 is 20.6 Å². The van der Waals surface area contributed by atoms with Crippen molar-refractivity contribution < 1.29 is 5.11 Å². The van der Waals surface area contributed by atoms with Gasteiger partial charge in [-0.15, -0.1) is 0 Å². The van der Waals surface area contributed by atoms with Gasteiger partial charge in [0.15, 0.2) is 11.0 Å². The van der Waals surface area contributed by atoms with Crippen molar-refractivity contribution in [3.8, 4) is 0 Å². The minimum atomic E-state index is -0.613. The first-order valence-corrected chi connectivity index (χ1v) is 11.3. The van der Waals surface area contributed by atoms with Gasteiger partial charge in [-0.1, -0.05) is 0 Å². The summed E-state index contributed by atoms with van der Waals surface area (Å²) in [7, 11) is 1.90. The van der Waals surface area contributed by atoms with Crippen LogP contribution in [0.3, 0.4) is 0 Å². The standard InChI is InChI=1S/C22H29N7OS/c1-14-13-18(28-27-14)24-19-15(2)20(29-11-9-22(3,30)10-12-29)26-21(25-19)31-17-7-5-16(23-4)6-8-17/h5-8,13,23,30H,9-12H2,1-4H3,(H2,24,25,26,27,28). The zero-order valence-corrected chi connectivity index (χ0v) is 19.2. The lowest BCUT2D eigenvalue weighted by molar-refractivity contribution is 0.0350. The molecule has 2 aromatic heterocycles. The molecule has 0 radical (unpaired) electrons. The summed E-state index contributed by atoms with van der Waals surface area (Å²) in [4.78, 5) is 13.0. The second-order valence-corrected chi connectivity index (χ2v) is 9.27. The third-order valence-electron chi connectivity index (χ3n) is 5.54. The van der Waals surface area contributed by atoms with E-state index >= 15 is 0 Å². The summed E-state index contributed by atoms with van der Waals surface area (Å²) >= 11 is 1.53. The van der Waals surface area contributed by atoms with Crippen LogP contribution in [-0.2, 0) is 0 Å². The summed E-state index contributed by atoms with van der Waals surface area (Å²) in [5.74, 6) is 2.36. The van der Waals surface area contributed by atoms with Gasteiger partial charge in [0.2, 0.25) is 0 Å². The van der Waals surface area contributed by atoms with Crippen molar-refractivity contribution >= 4 is 34.9 Å². The predicted molar refractivity (Wildman–Crippen MR) is 126 cm³/mol. The van der Waals surface area contributed by atoms with Gasteiger partial charge in [-0.05, 0) is 69.6 Å². The number of anilines is 4. The second-order valence-electron chi connectivity index (χ2n) is 8.23. The van der Waals surface area contributed by atoms with E-state index in [4.69, 9.17) is 9.97 Å². The fourth-order valence-corrected chi connectivity index (χ4v) is 4.31. The van der Waals surface area contributed by atoms with Crippen molar-refractivity contribution in [3.05, 3.63) is 41.6 Å². The average Bonchev–Trinajstić information content (AvgIpc) is 3.16. The molecule has 0 amide bonds. The number of aliphatic hydroxyl groups is 1. The number of aromatic nitrogens is 4. The Morgan fingerprint density at radius 2 is 1.84 bits per heavy atom. The van der Waals surface area contributed by atoms with Crippen LogP contribution in [0.25, 0.3) is 0 Å². The Morgan fingerprint density at radius 1 is 1.13 bits per heavy atom. The van der Waals surface area contributed by atoms with Crippen molar-refractivity contribution in [3.63, 3.8) is 0 Å². The number of benzene rings is 1. The first-order chi connectivity index (χ1) is 14.8. The molecule has 1 fully saturated rings. The zero-order chi connectivity index (χ0) is 22.0. The van der Waals surface area contributed by atoms with E-state index in [0.29, 0.717) is 18.0 Å². The highest BCUT2D eigenvalue weighted by atomic mass is 32.2. The maximum atomic E-state index is 10.4. The SMILES string of the molecule is CNc1ccc(Sc2nc(Nc3cc(C)[nH]n3)c(C)c(N3CCC(C)(O)CC3)n2)cc1. The highest BCUT2D eigenvalue weighted by Crippen LogP contribution is 2.34. The topological polar surface area (TPSA) is 102 Å². The maximum absolute atomic E-state index is 10.4. The number of piperidine rings is 1. The fraction of sp³-hybridized carbons (Fsp3) is 0.409. The number of nitrogens with one attached hydrogen (secondary N) is 3. The van der Waals surface area contributed by atoms with Crippen molar-refractivity contribution in [1.29, 1.82) is 0 Å². The largest absolute Gasteiger partial charge is 0.390 e. The number of hydrogen-bond acceptors (Lipinski definition) is 8. The predicted octanol–water partition coefficient (Wildman–Crippen LogP) is 4.10. The molecule has 0 unspecified atom stereocenters. The van der Waals surface area contributed by atoms with E-state index in [1.165, 1.54) is 11.8 Å². The summed E-state index contributed by atoms with van der Waals surface area (Å²) < 4.78 is 0. The van der Waals surface area contributed by atoms with Crippen LogP contribution in [0.15, 0.2) is 40.4 Å². The highest BCUT2D eigenvalue weighted by molar-refractivity contribution is 7.99. The summed E-state index contributed by atoms with van der Waals surface area (Å²) in [5.41, 5.74) is 2.40. The monoisotopic (exact) mass is 439 g/mol. The number of hydrogen-bond donors (Lipinski definition) is 4. The smallest absolute Gasteiger partial charge is 0.196 e. The van der Waals surface area contributed by atoms with E-state index in [0.717, 1.165) is 52.4 Å². The van der Waals surface area contributed by atoms with Gasteiger partial charge in [0.25, 0.3) is 0 Å². The number of aromatic amines is 1. The first-order valence-electron chi connectivity index (χ1n) is 10.4. The maximum Gasteiger partial charge on any atom is 0.196 e. The zero-order valence-electron chi connectivity index (χ0n) is 18.4. The second kappa shape index (κ2) is 8.76. The van der Waals surface area contributed by atoms with Crippen LogP contribution >= 0.6 is 11.8 Å². The van der Waals surface area contributed by atoms with Gasteiger partial charge in [-0.25, -0.2) is 9.97 Å². The Hall–Kier alpha value is -2.78. The van der Waals surface area contributed by atoms with E-state index in [1.807, 2.05) is 46.0 Å². The van der Waals surface area contributed by atoms with Gasteiger partial charge in [0.1, 0.15) is 11.6 Å². The molecular formula is C22H29N7OS. The highest BCUT2D eigenvalue weighted by Gasteiger charge is 2.29. The van der Waals surface area contributed by atoms with Crippen LogP contribution in [0.4, 0.5) is 23.1 Å². The molecule has 4 N–H and O–H groups in total. The minimum Gasteiger partial charge on any atom is -0.390 e. The van der Waals surface area contributed by atoms with E-state index in [2.05, 4.69) is 37.9 Å². The van der Waals surface area contributed by atoms with Crippen LogP contribution in [0.1, 0.15) is 31.0 Å². The molecule has 3 heterocycles. The lowest BCUT2D eigenvalue weighted by Gasteiger charge is -2.37. The van der Waals surface area contributed by atoms with Gasteiger partial charge in [0, 0.05) is 48.0 Å². The van der Waals surface area contributed by atoms with E-state index < -0.39 is 5.60 Å². The van der Waals surface area contributed by atoms with Crippen LogP contribution in [0, 0.1) is 13.8 Å². The Bertz CT molecular complexity index is 1040. The molecule has 0 atom stereocenters. The van der Waals surface area contributed by atoms with Crippen LogP contribution in [0.2, 0.25) is 0 Å². The summed E-state index contributed by atoms with van der Waals surface area (Å²) in [5, 5.41) is 24.8. The van der Waals surface area contributed by atoms with Crippen LogP contribution < -0.4 is 15.5 Å². The molecule has 31 heavy (non-hydrogen) atoms. The summed E-state index contributed by atoms with van der Waals surface area (Å²) in [6.45, 7) is 7.41. The Morgan fingerprint density at radius 3 is 2.45 bits per heavy atom. The minimum absolute atomic E-state index is 0.613. The molecule has 1 saturated heterocycles. The van der Waals surface area contributed by atoms with Crippen molar-refractivity contribution in [1.82, 2.24) is 20.2 Å². The van der Waals surface area contributed by atoms with Crippen LogP contribution in [-0.4, -0.2) is 51.0 Å². The third kappa shape index (κ3) is 5.11. The molecule has 9 heteroatoms. The molecule has 0 spiro atoms. The van der Waals surface area contributed by atoms with Gasteiger partial charge >= 0.3 is 0 Å². The Labute approximate surface area is 186 Å². The molecule has 164 valence electrons. The van der Waals surface area contributed by atoms with E-state index in [-0.39, 0.29) is 0 Å². The normalized spacial score (nSPS) is 15.7. The summed E-state index contributed by atoms with van der Waals surface area (Å²) in [6, 6.07) is 10.1. The lowest BCUT2D eigenvalue weighted by atomic mass is 9.94. The van der Waals surface area contributed by atoms with Gasteiger partial charge in [-0.2, -0.15) is 5.10 Å². The van der Waals surface area contributed by atoms with Crippen LogP contribution in [0.5, 0.6) is 0 Å². The van der Waals surface area contributed by atoms with E-state index in [1.54, 1.807) is 0 Å². The van der Waals surface area contributed by atoms with Gasteiger partial charge in [0.05, 0.1) is 5.60 Å². The van der Waals surface area contributed by atoms with Crippen molar-refractivity contribution in [2.45, 2.75) is 49.3 Å². The number of rotatable bonds is 6. The number of nitrogens with zero attached hydrogens (tertiary/aromatic N) is 4. The van der Waals surface area contributed by atoms with Crippen molar-refractivity contribution in [2.24, 2.45) is 0 Å².